The molecule has 0 atom stereocenters. The van der Waals surface area contributed by atoms with Crippen molar-refractivity contribution in [2.24, 2.45) is 0 Å². The number of nitrogens with one attached hydrogen (secondary N) is 2. The lowest BCUT2D eigenvalue weighted by Crippen LogP contribution is -2.31. The standard InChI is InChI=1S/C10H12N2O3/c13-8-15-7-6-11-10(14)12-9-4-2-1-3-5-9/h1-5,8H,6-7H2,(H2,11,12,14). The van der Waals surface area contributed by atoms with Crippen molar-refractivity contribution in [2.75, 3.05) is 18.5 Å². The maximum Gasteiger partial charge on any atom is 0.319 e. The van der Waals surface area contributed by atoms with Crippen molar-refractivity contribution in [3.63, 3.8) is 0 Å². The van der Waals surface area contributed by atoms with Crippen molar-refractivity contribution in [3.05, 3.63) is 30.3 Å². The zero-order chi connectivity index (χ0) is 10.9. The van der Waals surface area contributed by atoms with Crippen LogP contribution in [0, 0.1) is 0 Å². The molecule has 1 aromatic rings. The molecule has 0 aromatic heterocycles. The molecule has 0 saturated carbocycles. The van der Waals surface area contributed by atoms with Crippen molar-refractivity contribution in [2.45, 2.75) is 0 Å². The topological polar surface area (TPSA) is 67.4 Å². The van der Waals surface area contributed by atoms with Gasteiger partial charge in [0.05, 0.1) is 6.54 Å². The Morgan fingerprint density at radius 1 is 1.33 bits per heavy atom. The Hall–Kier alpha value is -2.04. The molecule has 0 aliphatic heterocycles. The van der Waals surface area contributed by atoms with Crippen LogP contribution >= 0.6 is 0 Å². The van der Waals surface area contributed by atoms with Gasteiger partial charge in [0.25, 0.3) is 6.47 Å². The fourth-order valence-corrected chi connectivity index (χ4v) is 0.968. The van der Waals surface area contributed by atoms with Gasteiger partial charge in [0.15, 0.2) is 0 Å². The van der Waals surface area contributed by atoms with Crippen LogP contribution in [0.15, 0.2) is 30.3 Å². The molecule has 0 aliphatic carbocycles. The van der Waals surface area contributed by atoms with Crippen molar-refractivity contribution in [1.82, 2.24) is 5.32 Å². The van der Waals surface area contributed by atoms with E-state index >= 15 is 0 Å². The summed E-state index contributed by atoms with van der Waals surface area (Å²) in [4.78, 5) is 21.0. The summed E-state index contributed by atoms with van der Waals surface area (Å²) >= 11 is 0. The fraction of sp³-hybridized carbons (Fsp3) is 0.200. The molecule has 5 heteroatoms. The van der Waals surface area contributed by atoms with E-state index in [9.17, 15) is 9.59 Å². The summed E-state index contributed by atoms with van der Waals surface area (Å²) in [5.41, 5.74) is 0.714. The van der Waals surface area contributed by atoms with Crippen molar-refractivity contribution in [1.29, 1.82) is 0 Å². The maximum absolute atomic E-state index is 11.2. The monoisotopic (exact) mass is 208 g/mol. The first-order valence-electron chi connectivity index (χ1n) is 4.48. The maximum atomic E-state index is 11.2. The van der Waals surface area contributed by atoms with Crippen LogP contribution in [0.2, 0.25) is 0 Å². The quantitative estimate of drug-likeness (QED) is 0.560. The van der Waals surface area contributed by atoms with E-state index < -0.39 is 0 Å². The smallest absolute Gasteiger partial charge is 0.319 e. The van der Waals surface area contributed by atoms with Gasteiger partial charge in [-0.25, -0.2) is 4.79 Å². The molecule has 1 rings (SSSR count). The summed E-state index contributed by atoms with van der Waals surface area (Å²) in [5.74, 6) is 0. The van der Waals surface area contributed by atoms with Crippen molar-refractivity contribution < 1.29 is 14.3 Å². The summed E-state index contributed by atoms with van der Waals surface area (Å²) in [6.07, 6.45) is 0. The normalized spacial score (nSPS) is 9.07. The molecule has 5 nitrogen and oxygen atoms in total. The molecular weight excluding hydrogens is 196 g/mol. The molecule has 0 radical (unpaired) electrons. The van der Waals surface area contributed by atoms with E-state index in [0.717, 1.165) is 0 Å². The second kappa shape index (κ2) is 6.42. The van der Waals surface area contributed by atoms with Gasteiger partial charge in [-0.3, -0.25) is 4.79 Å². The number of carbonyl (C=O) groups is 2. The van der Waals surface area contributed by atoms with E-state index in [0.29, 0.717) is 12.2 Å². The summed E-state index contributed by atoms with van der Waals surface area (Å²) in [6.45, 7) is 0.805. The second-order valence-corrected chi connectivity index (χ2v) is 2.71. The molecule has 0 fully saturated rings. The number of para-hydroxylation sites is 1. The number of hydrogen-bond acceptors (Lipinski definition) is 3. The van der Waals surface area contributed by atoms with Gasteiger partial charge in [-0.15, -0.1) is 0 Å². The summed E-state index contributed by atoms with van der Waals surface area (Å²) in [6, 6.07) is 8.75. The predicted molar refractivity (Wildman–Crippen MR) is 55.5 cm³/mol. The molecule has 0 bridgehead atoms. The average molecular weight is 208 g/mol. The summed E-state index contributed by atoms with van der Waals surface area (Å²) < 4.78 is 4.41. The van der Waals surface area contributed by atoms with Crippen LogP contribution in [0.1, 0.15) is 0 Å². The van der Waals surface area contributed by atoms with Gasteiger partial charge < -0.3 is 15.4 Å². The first kappa shape index (κ1) is 11.0. The van der Waals surface area contributed by atoms with Gasteiger partial charge >= 0.3 is 6.03 Å². The average Bonchev–Trinajstić information content (AvgIpc) is 2.26. The van der Waals surface area contributed by atoms with E-state index in [4.69, 9.17) is 0 Å². The molecule has 80 valence electrons. The van der Waals surface area contributed by atoms with Crippen LogP contribution in [0.5, 0.6) is 0 Å². The molecule has 2 N–H and O–H groups in total. The first-order chi connectivity index (χ1) is 7.33. The lowest BCUT2D eigenvalue weighted by molar-refractivity contribution is -0.128. The van der Waals surface area contributed by atoms with Gasteiger partial charge in [-0.2, -0.15) is 0 Å². The third kappa shape index (κ3) is 4.66. The number of amides is 2. The molecule has 15 heavy (non-hydrogen) atoms. The minimum absolute atomic E-state index is 0.172. The van der Waals surface area contributed by atoms with Crippen molar-refractivity contribution >= 4 is 18.2 Å². The molecule has 0 heterocycles. The summed E-state index contributed by atoms with van der Waals surface area (Å²) in [5, 5.41) is 5.16. The summed E-state index contributed by atoms with van der Waals surface area (Å²) in [7, 11) is 0. The highest BCUT2D eigenvalue weighted by Gasteiger charge is 1.99. The zero-order valence-corrected chi connectivity index (χ0v) is 8.10. The lowest BCUT2D eigenvalue weighted by atomic mass is 10.3. The van der Waals surface area contributed by atoms with Crippen LogP contribution in [0.3, 0.4) is 0 Å². The van der Waals surface area contributed by atoms with Gasteiger partial charge in [0, 0.05) is 5.69 Å². The highest BCUT2D eigenvalue weighted by Crippen LogP contribution is 2.03. The Bertz CT molecular complexity index is 314. The van der Waals surface area contributed by atoms with Crippen LogP contribution < -0.4 is 10.6 Å². The Morgan fingerprint density at radius 3 is 2.73 bits per heavy atom. The van der Waals surface area contributed by atoms with Crippen LogP contribution in [0.25, 0.3) is 0 Å². The Morgan fingerprint density at radius 2 is 2.07 bits per heavy atom. The van der Waals surface area contributed by atoms with E-state index in [1.54, 1.807) is 12.1 Å². The first-order valence-corrected chi connectivity index (χ1v) is 4.48. The number of carbonyl (C=O) groups excluding carboxylic acids is 2. The molecule has 1 aromatic carbocycles. The number of rotatable bonds is 5. The number of ether oxygens (including phenoxy) is 1. The van der Waals surface area contributed by atoms with Gasteiger partial charge in [-0.1, -0.05) is 18.2 Å². The third-order valence-corrected chi connectivity index (χ3v) is 1.61. The van der Waals surface area contributed by atoms with E-state index in [-0.39, 0.29) is 19.2 Å². The van der Waals surface area contributed by atoms with Gasteiger partial charge in [-0.05, 0) is 12.1 Å². The number of hydrogen-bond donors (Lipinski definition) is 2. The lowest BCUT2D eigenvalue weighted by Gasteiger charge is -2.06. The number of anilines is 1. The van der Waals surface area contributed by atoms with Gasteiger partial charge in [0.2, 0.25) is 0 Å². The molecule has 0 unspecified atom stereocenters. The number of urea groups is 1. The predicted octanol–water partition coefficient (Wildman–Crippen LogP) is 0.981. The van der Waals surface area contributed by atoms with Gasteiger partial charge in [0.1, 0.15) is 6.61 Å². The fourth-order valence-electron chi connectivity index (χ4n) is 0.968. The molecule has 2 amide bonds. The molecule has 0 spiro atoms. The Kier molecular flexibility index (Phi) is 4.72. The van der Waals surface area contributed by atoms with E-state index in [2.05, 4.69) is 15.4 Å². The molecular formula is C10H12N2O3. The van der Waals surface area contributed by atoms with E-state index in [1.165, 1.54) is 0 Å². The molecule has 0 aliphatic rings. The van der Waals surface area contributed by atoms with Crippen LogP contribution in [-0.2, 0) is 9.53 Å². The Balaban J connectivity index is 2.22. The van der Waals surface area contributed by atoms with Crippen LogP contribution in [0.4, 0.5) is 10.5 Å². The minimum atomic E-state index is -0.323. The second-order valence-electron chi connectivity index (χ2n) is 2.71. The Labute approximate surface area is 87.4 Å². The SMILES string of the molecule is O=COCCNC(=O)Nc1ccccc1. The zero-order valence-electron chi connectivity index (χ0n) is 8.10. The largest absolute Gasteiger partial charge is 0.466 e. The highest BCUT2D eigenvalue weighted by atomic mass is 16.5. The van der Waals surface area contributed by atoms with Crippen LogP contribution in [-0.4, -0.2) is 25.7 Å². The molecule has 0 saturated heterocycles. The third-order valence-electron chi connectivity index (χ3n) is 1.61. The van der Waals surface area contributed by atoms with E-state index in [1.807, 2.05) is 18.2 Å². The highest BCUT2D eigenvalue weighted by molar-refractivity contribution is 5.89. The minimum Gasteiger partial charge on any atom is -0.466 e. The number of benzene rings is 1. The van der Waals surface area contributed by atoms with Crippen molar-refractivity contribution in [3.8, 4) is 0 Å².